The van der Waals surface area contributed by atoms with Gasteiger partial charge in [0.1, 0.15) is 10.6 Å². The number of carboxylic acid groups (broad SMARTS) is 1. The Balaban J connectivity index is 2.97. The molecule has 0 aromatic carbocycles. The van der Waals surface area contributed by atoms with Crippen LogP contribution in [0.2, 0.25) is 0 Å². The summed E-state index contributed by atoms with van der Waals surface area (Å²) in [6.07, 6.45) is 2.50. The van der Waals surface area contributed by atoms with Crippen molar-refractivity contribution in [3.63, 3.8) is 0 Å². The van der Waals surface area contributed by atoms with Crippen LogP contribution in [0.4, 0.5) is 0 Å². The number of hydrogen-bond acceptors (Lipinski definition) is 3. The molecule has 0 aliphatic rings. The van der Waals surface area contributed by atoms with Crippen LogP contribution >= 0.6 is 11.3 Å². The van der Waals surface area contributed by atoms with Crippen molar-refractivity contribution >= 4 is 29.1 Å². The summed E-state index contributed by atoms with van der Waals surface area (Å²) >= 11 is 1.16. The molecule has 0 spiro atoms. The fourth-order valence-electron chi connectivity index (χ4n) is 1.17. The Kier molecular flexibility index (Phi) is 4.31. The molecule has 1 rings (SSSR count). The van der Waals surface area contributed by atoms with E-state index < -0.39 is 5.97 Å². The van der Waals surface area contributed by atoms with Crippen LogP contribution in [0, 0.1) is 0 Å². The third-order valence-electron chi connectivity index (χ3n) is 1.93. The quantitative estimate of drug-likeness (QED) is 0.772. The zero-order chi connectivity index (χ0) is 12.1. The highest BCUT2D eigenvalue weighted by Crippen LogP contribution is 2.30. The van der Waals surface area contributed by atoms with E-state index in [0.29, 0.717) is 12.4 Å². The van der Waals surface area contributed by atoms with Gasteiger partial charge in [-0.1, -0.05) is 26.2 Å². The maximum Gasteiger partial charge on any atom is 0.345 e. The summed E-state index contributed by atoms with van der Waals surface area (Å²) in [4.78, 5) is 11.8. The van der Waals surface area contributed by atoms with E-state index in [0.717, 1.165) is 28.2 Å². The number of hydrogen-bond donors (Lipinski definition) is 1. The van der Waals surface area contributed by atoms with E-state index >= 15 is 0 Å². The molecule has 0 bridgehead atoms. The lowest BCUT2D eigenvalue weighted by molar-refractivity contribution is 0.0702. The molecule has 16 heavy (non-hydrogen) atoms. The molecule has 0 atom stereocenters. The largest absolute Gasteiger partial charge is 0.493 e. The second-order valence-corrected chi connectivity index (χ2v) is 4.23. The molecule has 1 aromatic rings. The van der Waals surface area contributed by atoms with E-state index in [2.05, 4.69) is 13.2 Å². The standard InChI is InChI=1S/C12H14O3S/c1-4-6-15-8(3)11-9(5-2)7-10(16-11)12(13)14/h5,7H,2-4,6H2,1H3,(H,13,14). The maximum absolute atomic E-state index is 10.8. The van der Waals surface area contributed by atoms with E-state index in [1.165, 1.54) is 0 Å². The molecular formula is C12H14O3S. The summed E-state index contributed by atoms with van der Waals surface area (Å²) in [5.41, 5.74) is 0.753. The normalized spacial score (nSPS) is 9.81. The van der Waals surface area contributed by atoms with Gasteiger partial charge in [-0.2, -0.15) is 0 Å². The zero-order valence-electron chi connectivity index (χ0n) is 9.16. The average Bonchev–Trinajstić information content (AvgIpc) is 2.69. The predicted octanol–water partition coefficient (Wildman–Crippen LogP) is 3.49. The van der Waals surface area contributed by atoms with Crippen LogP contribution in [-0.2, 0) is 4.74 Å². The summed E-state index contributed by atoms with van der Waals surface area (Å²) in [7, 11) is 0. The molecule has 0 fully saturated rings. The molecular weight excluding hydrogens is 224 g/mol. The van der Waals surface area contributed by atoms with Crippen molar-refractivity contribution in [3.05, 3.63) is 34.5 Å². The van der Waals surface area contributed by atoms with Gasteiger partial charge < -0.3 is 9.84 Å². The van der Waals surface area contributed by atoms with Gasteiger partial charge >= 0.3 is 5.97 Å². The van der Waals surface area contributed by atoms with Crippen molar-refractivity contribution in [2.75, 3.05) is 6.61 Å². The van der Waals surface area contributed by atoms with Gasteiger partial charge in [-0.05, 0) is 18.1 Å². The summed E-state index contributed by atoms with van der Waals surface area (Å²) in [6, 6.07) is 1.58. The van der Waals surface area contributed by atoms with Crippen LogP contribution in [0.25, 0.3) is 11.8 Å². The maximum atomic E-state index is 10.8. The van der Waals surface area contributed by atoms with Crippen LogP contribution in [-0.4, -0.2) is 17.7 Å². The van der Waals surface area contributed by atoms with Crippen LogP contribution in [0.1, 0.15) is 33.5 Å². The van der Waals surface area contributed by atoms with E-state index in [9.17, 15) is 4.79 Å². The number of carboxylic acids is 1. The van der Waals surface area contributed by atoms with Gasteiger partial charge in [0.15, 0.2) is 0 Å². The molecule has 0 radical (unpaired) electrons. The Hall–Kier alpha value is -1.55. The first-order valence-corrected chi connectivity index (χ1v) is 5.73. The lowest BCUT2D eigenvalue weighted by atomic mass is 10.2. The Bertz CT molecular complexity index is 418. The second-order valence-electron chi connectivity index (χ2n) is 3.18. The summed E-state index contributed by atoms with van der Waals surface area (Å²) in [5.74, 6) is -0.433. The number of rotatable bonds is 6. The minimum absolute atomic E-state index is 0.270. The second kappa shape index (κ2) is 5.51. The molecule has 0 amide bonds. The lowest BCUT2D eigenvalue weighted by Crippen LogP contribution is -1.91. The van der Waals surface area contributed by atoms with Crippen molar-refractivity contribution in [1.29, 1.82) is 0 Å². The fourth-order valence-corrected chi connectivity index (χ4v) is 2.10. The summed E-state index contributed by atoms with van der Waals surface area (Å²) < 4.78 is 5.39. The highest BCUT2D eigenvalue weighted by molar-refractivity contribution is 7.15. The van der Waals surface area contributed by atoms with E-state index in [-0.39, 0.29) is 4.88 Å². The van der Waals surface area contributed by atoms with Crippen molar-refractivity contribution in [2.24, 2.45) is 0 Å². The first-order chi connectivity index (χ1) is 7.60. The van der Waals surface area contributed by atoms with Gasteiger partial charge in [0, 0.05) is 0 Å². The number of aromatic carboxylic acids is 1. The van der Waals surface area contributed by atoms with Crippen molar-refractivity contribution < 1.29 is 14.6 Å². The topological polar surface area (TPSA) is 46.5 Å². The van der Waals surface area contributed by atoms with Crippen molar-refractivity contribution in [3.8, 4) is 0 Å². The Morgan fingerprint density at radius 1 is 1.69 bits per heavy atom. The van der Waals surface area contributed by atoms with E-state index in [1.807, 2.05) is 6.92 Å². The molecule has 0 aliphatic carbocycles. The Morgan fingerprint density at radius 3 is 2.88 bits per heavy atom. The highest BCUT2D eigenvalue weighted by Gasteiger charge is 2.14. The average molecular weight is 238 g/mol. The minimum Gasteiger partial charge on any atom is -0.493 e. The fraction of sp³-hybridized carbons (Fsp3) is 0.250. The SMILES string of the molecule is C=Cc1cc(C(=O)O)sc1C(=C)OCCC. The van der Waals surface area contributed by atoms with Gasteiger partial charge in [0.25, 0.3) is 0 Å². The smallest absolute Gasteiger partial charge is 0.345 e. The predicted molar refractivity (Wildman–Crippen MR) is 66.6 cm³/mol. The summed E-state index contributed by atoms with van der Waals surface area (Å²) in [6.45, 7) is 10.0. The zero-order valence-corrected chi connectivity index (χ0v) is 9.97. The molecule has 0 saturated carbocycles. The van der Waals surface area contributed by atoms with Crippen LogP contribution < -0.4 is 0 Å². The molecule has 4 heteroatoms. The molecule has 86 valence electrons. The van der Waals surface area contributed by atoms with Gasteiger partial charge in [-0.15, -0.1) is 11.3 Å². The number of thiophene rings is 1. The molecule has 3 nitrogen and oxygen atoms in total. The first-order valence-electron chi connectivity index (χ1n) is 4.91. The molecule has 0 aliphatic heterocycles. The number of ether oxygens (including phenoxy) is 1. The monoisotopic (exact) mass is 238 g/mol. The molecule has 1 aromatic heterocycles. The Labute approximate surface area is 98.7 Å². The van der Waals surface area contributed by atoms with E-state index in [1.54, 1.807) is 12.1 Å². The van der Waals surface area contributed by atoms with Gasteiger partial charge in [-0.3, -0.25) is 0 Å². The number of carbonyl (C=O) groups is 1. The molecule has 0 saturated heterocycles. The highest BCUT2D eigenvalue weighted by atomic mass is 32.1. The molecule has 1 heterocycles. The van der Waals surface area contributed by atoms with E-state index in [4.69, 9.17) is 9.84 Å². The molecule has 0 unspecified atom stereocenters. The Morgan fingerprint density at radius 2 is 2.38 bits per heavy atom. The van der Waals surface area contributed by atoms with Crippen LogP contribution in [0.15, 0.2) is 19.2 Å². The third kappa shape index (κ3) is 2.73. The summed E-state index contributed by atoms with van der Waals surface area (Å²) in [5, 5.41) is 8.88. The lowest BCUT2D eigenvalue weighted by Gasteiger charge is -2.06. The van der Waals surface area contributed by atoms with Gasteiger partial charge in [0.2, 0.25) is 0 Å². The minimum atomic E-state index is -0.942. The van der Waals surface area contributed by atoms with Crippen LogP contribution in [0.3, 0.4) is 0 Å². The van der Waals surface area contributed by atoms with Gasteiger partial charge in [-0.25, -0.2) is 4.79 Å². The molecule has 1 N–H and O–H groups in total. The first kappa shape index (κ1) is 12.5. The third-order valence-corrected chi connectivity index (χ3v) is 3.11. The van der Waals surface area contributed by atoms with Crippen molar-refractivity contribution in [2.45, 2.75) is 13.3 Å². The van der Waals surface area contributed by atoms with Crippen molar-refractivity contribution in [1.82, 2.24) is 0 Å². The van der Waals surface area contributed by atoms with Gasteiger partial charge in [0.05, 0.1) is 11.5 Å². The van der Waals surface area contributed by atoms with Crippen LogP contribution in [0.5, 0.6) is 0 Å².